The minimum Gasteiger partial charge on any atom is -0.501 e. The normalized spacial score (nSPS) is 11.6. The van der Waals surface area contributed by atoms with Crippen molar-refractivity contribution in [1.29, 1.82) is 0 Å². The van der Waals surface area contributed by atoms with Gasteiger partial charge < -0.3 is 25.3 Å². The average Bonchev–Trinajstić information content (AvgIpc) is 3.10. The molecule has 0 spiro atoms. The minimum atomic E-state index is -0.796. The van der Waals surface area contributed by atoms with E-state index in [1.54, 1.807) is 0 Å². The lowest BCUT2D eigenvalue weighted by Crippen LogP contribution is -2.26. The van der Waals surface area contributed by atoms with Crippen LogP contribution < -0.4 is 5.32 Å². The van der Waals surface area contributed by atoms with Crippen molar-refractivity contribution in [2.45, 2.75) is 5.92 Å². The summed E-state index contributed by atoms with van der Waals surface area (Å²) in [5, 5.41) is 22.7. The molecule has 1 aliphatic rings. The Morgan fingerprint density at radius 2 is 1.74 bits per heavy atom. The first-order valence-electron chi connectivity index (χ1n) is 9.46. The van der Waals surface area contributed by atoms with Crippen LogP contribution in [0.15, 0.2) is 60.7 Å². The molecule has 0 fully saturated rings. The monoisotopic (exact) mass is 415 g/mol. The van der Waals surface area contributed by atoms with Crippen molar-refractivity contribution >= 4 is 11.9 Å². The van der Waals surface area contributed by atoms with Crippen LogP contribution in [0.5, 0.6) is 5.75 Å². The number of nitro groups is 1. The minimum absolute atomic E-state index is 0.0208. The van der Waals surface area contributed by atoms with Gasteiger partial charge in [0.05, 0.1) is 6.54 Å². The van der Waals surface area contributed by atoms with Crippen molar-refractivity contribution in [3.63, 3.8) is 0 Å². The number of aromatic nitrogens is 1. The van der Waals surface area contributed by atoms with Crippen LogP contribution in [-0.4, -0.2) is 34.3 Å². The van der Waals surface area contributed by atoms with E-state index in [1.165, 1.54) is 6.07 Å². The van der Waals surface area contributed by atoms with Crippen LogP contribution in [0.25, 0.3) is 11.1 Å². The van der Waals surface area contributed by atoms with Crippen LogP contribution in [0.1, 0.15) is 22.7 Å². The molecule has 2 aromatic carbocycles. The van der Waals surface area contributed by atoms with E-state index in [1.807, 2.05) is 36.4 Å². The van der Waals surface area contributed by atoms with Crippen molar-refractivity contribution in [2.75, 3.05) is 13.2 Å². The van der Waals surface area contributed by atoms with E-state index < -0.39 is 22.6 Å². The summed E-state index contributed by atoms with van der Waals surface area (Å²) in [7, 11) is 0. The molecule has 2 N–H and O–H groups in total. The average molecular weight is 415 g/mol. The number of aromatic hydroxyl groups is 1. The first-order chi connectivity index (χ1) is 15.0. The highest BCUT2D eigenvalue weighted by Crippen LogP contribution is 2.44. The zero-order valence-electron chi connectivity index (χ0n) is 16.2. The van der Waals surface area contributed by atoms with Gasteiger partial charge in [-0.25, -0.2) is 4.79 Å². The van der Waals surface area contributed by atoms with E-state index in [2.05, 4.69) is 34.3 Å². The van der Waals surface area contributed by atoms with Gasteiger partial charge >= 0.3 is 11.9 Å². The first kappa shape index (κ1) is 19.9. The van der Waals surface area contributed by atoms with E-state index in [9.17, 15) is 20.0 Å². The van der Waals surface area contributed by atoms with E-state index in [0.29, 0.717) is 0 Å². The van der Waals surface area contributed by atoms with Gasteiger partial charge in [-0.05, 0) is 44.1 Å². The summed E-state index contributed by atoms with van der Waals surface area (Å²) >= 11 is 0. The lowest BCUT2D eigenvalue weighted by atomic mass is 9.98. The van der Waals surface area contributed by atoms with Crippen LogP contribution >= 0.6 is 0 Å². The van der Waals surface area contributed by atoms with Gasteiger partial charge in [-0.1, -0.05) is 54.5 Å². The second-order valence-electron chi connectivity index (χ2n) is 6.78. The molecule has 0 saturated carbocycles. The van der Waals surface area contributed by atoms with Crippen LogP contribution in [0, 0.1) is 22.0 Å². The first-order valence-corrected chi connectivity index (χ1v) is 9.46. The maximum atomic E-state index is 12.1. The number of benzene rings is 2. The highest BCUT2D eigenvalue weighted by Gasteiger charge is 2.28. The summed E-state index contributed by atoms with van der Waals surface area (Å²) in [6.45, 7) is 0.173. The van der Waals surface area contributed by atoms with E-state index in [0.717, 1.165) is 28.3 Å². The second-order valence-corrected chi connectivity index (χ2v) is 6.78. The maximum absolute atomic E-state index is 12.1. The third-order valence-electron chi connectivity index (χ3n) is 4.91. The molecule has 1 heterocycles. The Hall–Kier alpha value is -4.38. The number of rotatable bonds is 4. The number of hydrogen-bond donors (Lipinski definition) is 2. The number of fused-ring (bicyclic) bond motifs is 3. The summed E-state index contributed by atoms with van der Waals surface area (Å²) in [4.78, 5) is 25.7. The second kappa shape index (κ2) is 8.55. The molecule has 8 nitrogen and oxygen atoms in total. The van der Waals surface area contributed by atoms with Crippen molar-refractivity contribution in [3.8, 4) is 28.7 Å². The zero-order chi connectivity index (χ0) is 21.8. The number of nitrogens with zero attached hydrogens (tertiary/aromatic N) is 2. The number of pyridine rings is 1. The van der Waals surface area contributed by atoms with Gasteiger partial charge in [0.2, 0.25) is 11.4 Å². The van der Waals surface area contributed by atoms with Gasteiger partial charge in [0.1, 0.15) is 6.61 Å². The quantitative estimate of drug-likeness (QED) is 0.382. The Labute approximate surface area is 177 Å². The number of amides is 1. The lowest BCUT2D eigenvalue weighted by molar-refractivity contribution is -0.390. The van der Waals surface area contributed by atoms with Crippen molar-refractivity contribution in [3.05, 3.63) is 87.6 Å². The van der Waals surface area contributed by atoms with Crippen molar-refractivity contribution in [2.24, 2.45) is 0 Å². The molecule has 0 aliphatic heterocycles. The molecule has 8 heteroatoms. The van der Waals surface area contributed by atoms with Crippen LogP contribution in [0.3, 0.4) is 0 Å². The Kier molecular flexibility index (Phi) is 5.49. The molecule has 4 rings (SSSR count). The molecule has 1 aliphatic carbocycles. The predicted molar refractivity (Wildman–Crippen MR) is 113 cm³/mol. The smallest absolute Gasteiger partial charge is 0.407 e. The largest absolute Gasteiger partial charge is 0.501 e. The number of ether oxygens (including phenoxy) is 1. The lowest BCUT2D eigenvalue weighted by Gasteiger charge is -2.14. The highest BCUT2D eigenvalue weighted by molar-refractivity contribution is 5.79. The number of hydrogen-bond acceptors (Lipinski definition) is 6. The number of carbonyl (C=O) groups excluding carboxylic acids is 1. The third-order valence-corrected chi connectivity index (χ3v) is 4.91. The number of nitrogens with one attached hydrogen (secondary N) is 1. The molecule has 1 aromatic heterocycles. The molecule has 3 aromatic rings. The number of carbonyl (C=O) groups is 1. The SMILES string of the molecule is O=C(NCC#Cc1ccc(O)c([N+](=O)[O-])n1)OCC1c2ccccc2-c2ccccc21. The van der Waals surface area contributed by atoms with Gasteiger partial charge in [-0.2, -0.15) is 0 Å². The number of alkyl carbamates (subject to hydrolysis) is 1. The molecular weight excluding hydrogens is 398 g/mol. The maximum Gasteiger partial charge on any atom is 0.407 e. The fraction of sp³-hybridized carbons (Fsp3) is 0.130. The predicted octanol–water partition coefficient (Wildman–Crippen LogP) is 3.59. The Morgan fingerprint density at radius 1 is 1.10 bits per heavy atom. The fourth-order valence-electron chi connectivity index (χ4n) is 3.55. The molecule has 0 unspecified atom stereocenters. The molecule has 0 radical (unpaired) electrons. The summed E-state index contributed by atoms with van der Waals surface area (Å²) in [5.41, 5.74) is 4.65. The van der Waals surface area contributed by atoms with Crippen LogP contribution in [0.2, 0.25) is 0 Å². The van der Waals surface area contributed by atoms with Gasteiger partial charge in [-0.3, -0.25) is 0 Å². The Balaban J connectivity index is 1.35. The third kappa shape index (κ3) is 4.16. The van der Waals surface area contributed by atoms with Gasteiger partial charge in [0, 0.05) is 12.0 Å². The molecule has 0 saturated heterocycles. The molecule has 154 valence electrons. The Morgan fingerprint density at radius 3 is 2.39 bits per heavy atom. The summed E-state index contributed by atoms with van der Waals surface area (Å²) in [6.07, 6.45) is -0.610. The van der Waals surface area contributed by atoms with Gasteiger partial charge in [0.15, 0.2) is 0 Å². The van der Waals surface area contributed by atoms with Crippen molar-refractivity contribution in [1.82, 2.24) is 10.3 Å². The summed E-state index contributed by atoms with van der Waals surface area (Å²) < 4.78 is 5.40. The van der Waals surface area contributed by atoms with Gasteiger partial charge in [0.25, 0.3) is 0 Å². The molecule has 0 atom stereocenters. The van der Waals surface area contributed by atoms with Gasteiger partial charge in [-0.15, -0.1) is 0 Å². The zero-order valence-corrected chi connectivity index (χ0v) is 16.2. The fourth-order valence-corrected chi connectivity index (χ4v) is 3.55. The molecular formula is C23H17N3O5. The van der Waals surface area contributed by atoms with E-state index in [4.69, 9.17) is 4.74 Å². The van der Waals surface area contributed by atoms with E-state index in [-0.39, 0.29) is 24.8 Å². The van der Waals surface area contributed by atoms with Crippen LogP contribution in [0.4, 0.5) is 10.6 Å². The Bertz CT molecular complexity index is 1180. The van der Waals surface area contributed by atoms with Crippen LogP contribution in [-0.2, 0) is 4.74 Å². The molecule has 0 bridgehead atoms. The van der Waals surface area contributed by atoms with E-state index >= 15 is 0 Å². The van der Waals surface area contributed by atoms with Crippen molar-refractivity contribution < 1.29 is 19.6 Å². The molecule has 31 heavy (non-hydrogen) atoms. The standard InChI is InChI=1S/C23H17N3O5/c27-21-12-11-15(25-22(21)26(29)30)6-5-13-24-23(28)31-14-20-18-9-3-1-7-16(18)17-8-2-4-10-19(17)20/h1-4,7-12,20,27H,13-14H2,(H,24,28). The summed E-state index contributed by atoms with van der Waals surface area (Å²) in [5.74, 6) is 4.01. The summed E-state index contributed by atoms with van der Waals surface area (Å²) in [6, 6.07) is 18.6. The highest BCUT2D eigenvalue weighted by atomic mass is 16.6. The molecule has 1 amide bonds. The topological polar surface area (TPSA) is 115 Å².